The molecule has 1 aliphatic carbocycles. The van der Waals surface area contributed by atoms with Crippen LogP contribution >= 0.6 is 0 Å². The fourth-order valence-electron chi connectivity index (χ4n) is 6.20. The summed E-state index contributed by atoms with van der Waals surface area (Å²) in [5, 5.41) is 3.71. The number of alkyl halides is 3. The standard InChI is InChI=1S/C32H38F3N3/c1-22-16-17-29(25-12-9-13-27(19-25)32(33,34)35)31(38(22)28-14-7-8-15-28)26-18-23(2)37(3)30(20-26)36-21-24-10-5-4-6-11-24/h4-6,9-13,16,19-20,23,28,30,36H,7-8,14-15,17-18,21H2,1-3H3. The highest BCUT2D eigenvalue weighted by molar-refractivity contribution is 5.75. The SMILES string of the molecule is CC1=CCC(c2cccc(C(F)(F)F)c2)=C(C2=CC(NCc3ccccc3)N(C)C(C)C2)N1C1CCCC1. The van der Waals surface area contributed by atoms with E-state index < -0.39 is 11.7 Å². The summed E-state index contributed by atoms with van der Waals surface area (Å²) >= 11 is 0. The average Bonchev–Trinajstić information content (AvgIpc) is 3.44. The average molecular weight is 522 g/mol. The Balaban J connectivity index is 1.59. The predicted molar refractivity (Wildman–Crippen MR) is 148 cm³/mol. The maximum absolute atomic E-state index is 13.7. The molecule has 1 N–H and O–H groups in total. The molecule has 3 nitrogen and oxygen atoms in total. The third-order valence-corrected chi connectivity index (χ3v) is 8.41. The molecular weight excluding hydrogens is 483 g/mol. The summed E-state index contributed by atoms with van der Waals surface area (Å²) < 4.78 is 41.0. The summed E-state index contributed by atoms with van der Waals surface area (Å²) in [7, 11) is 2.14. The van der Waals surface area contributed by atoms with Crippen LogP contribution in [-0.2, 0) is 12.7 Å². The van der Waals surface area contributed by atoms with Crippen molar-refractivity contribution in [3.05, 3.63) is 100 Å². The number of nitrogens with one attached hydrogen (secondary N) is 1. The van der Waals surface area contributed by atoms with Gasteiger partial charge in [-0.1, -0.05) is 61.4 Å². The molecule has 0 spiro atoms. The Morgan fingerprint density at radius 1 is 1.00 bits per heavy atom. The van der Waals surface area contributed by atoms with Crippen LogP contribution in [0.4, 0.5) is 13.2 Å². The smallest absolute Gasteiger partial charge is 0.342 e. The van der Waals surface area contributed by atoms with Crippen LogP contribution in [0.2, 0.25) is 0 Å². The summed E-state index contributed by atoms with van der Waals surface area (Å²) in [5.74, 6) is 0. The van der Waals surface area contributed by atoms with Gasteiger partial charge in [0.15, 0.2) is 0 Å². The van der Waals surface area contributed by atoms with Crippen LogP contribution in [0.15, 0.2) is 83.7 Å². The first kappa shape index (κ1) is 26.8. The van der Waals surface area contributed by atoms with Crippen molar-refractivity contribution in [3.8, 4) is 0 Å². The zero-order chi connectivity index (χ0) is 26.9. The lowest BCUT2D eigenvalue weighted by molar-refractivity contribution is -0.137. The topological polar surface area (TPSA) is 18.5 Å². The molecule has 38 heavy (non-hydrogen) atoms. The molecule has 1 fully saturated rings. The van der Waals surface area contributed by atoms with Crippen LogP contribution < -0.4 is 5.32 Å². The molecule has 2 unspecified atom stereocenters. The lowest BCUT2D eigenvalue weighted by atomic mass is 9.86. The molecule has 0 aromatic heterocycles. The summed E-state index contributed by atoms with van der Waals surface area (Å²) in [6.45, 7) is 5.14. The fourth-order valence-corrected chi connectivity index (χ4v) is 6.20. The van der Waals surface area contributed by atoms with Gasteiger partial charge in [-0.25, -0.2) is 0 Å². The van der Waals surface area contributed by atoms with Crippen molar-refractivity contribution in [1.29, 1.82) is 0 Å². The van der Waals surface area contributed by atoms with E-state index in [2.05, 4.69) is 60.3 Å². The molecule has 202 valence electrons. The zero-order valence-electron chi connectivity index (χ0n) is 22.6. The van der Waals surface area contributed by atoms with E-state index in [9.17, 15) is 13.2 Å². The maximum atomic E-state index is 13.7. The highest BCUT2D eigenvalue weighted by atomic mass is 19.4. The molecule has 3 aliphatic rings. The first-order chi connectivity index (χ1) is 18.2. The van der Waals surface area contributed by atoms with Crippen LogP contribution in [0.5, 0.6) is 0 Å². The van der Waals surface area contributed by atoms with Crippen molar-refractivity contribution in [1.82, 2.24) is 15.1 Å². The first-order valence-electron chi connectivity index (χ1n) is 13.8. The van der Waals surface area contributed by atoms with Gasteiger partial charge in [-0.15, -0.1) is 0 Å². The molecule has 2 aliphatic heterocycles. The minimum atomic E-state index is -4.36. The van der Waals surface area contributed by atoms with Gasteiger partial charge in [0, 0.05) is 30.0 Å². The molecule has 0 bridgehead atoms. The third-order valence-electron chi connectivity index (χ3n) is 8.41. The second-order valence-electron chi connectivity index (χ2n) is 11.0. The van der Waals surface area contributed by atoms with Gasteiger partial charge in [-0.2, -0.15) is 13.2 Å². The number of hydrogen-bond acceptors (Lipinski definition) is 3. The van der Waals surface area contributed by atoms with Gasteiger partial charge in [0.05, 0.1) is 11.7 Å². The number of likely N-dealkylation sites (N-methyl/N-ethyl adjacent to an activating group) is 1. The molecule has 6 heteroatoms. The van der Waals surface area contributed by atoms with Crippen molar-refractivity contribution in [2.24, 2.45) is 0 Å². The lowest BCUT2D eigenvalue weighted by Gasteiger charge is -2.44. The normalized spacial score (nSPS) is 23.6. The minimum Gasteiger partial charge on any atom is -0.342 e. The summed E-state index contributed by atoms with van der Waals surface area (Å²) in [4.78, 5) is 4.81. The number of rotatable bonds is 6. The number of hydrogen-bond donors (Lipinski definition) is 1. The number of allylic oxidation sites excluding steroid dienone is 4. The van der Waals surface area contributed by atoms with E-state index in [-0.39, 0.29) is 12.2 Å². The van der Waals surface area contributed by atoms with Crippen LogP contribution in [0.3, 0.4) is 0 Å². The molecule has 2 atom stereocenters. The Kier molecular flexibility index (Phi) is 7.83. The molecule has 5 rings (SSSR count). The zero-order valence-corrected chi connectivity index (χ0v) is 22.6. The molecule has 2 aromatic carbocycles. The third kappa shape index (κ3) is 5.62. The molecule has 1 saturated carbocycles. The summed E-state index contributed by atoms with van der Waals surface area (Å²) in [6, 6.07) is 16.9. The van der Waals surface area contributed by atoms with Gasteiger partial charge in [0.25, 0.3) is 0 Å². The minimum absolute atomic E-state index is 0.0286. The van der Waals surface area contributed by atoms with Gasteiger partial charge in [0.1, 0.15) is 0 Å². The largest absolute Gasteiger partial charge is 0.416 e. The van der Waals surface area contributed by atoms with Crippen LogP contribution in [-0.4, -0.2) is 35.1 Å². The molecular formula is C32H38F3N3. The Morgan fingerprint density at radius 2 is 1.74 bits per heavy atom. The van der Waals surface area contributed by atoms with Crippen LogP contribution in [0, 0.1) is 0 Å². The van der Waals surface area contributed by atoms with Gasteiger partial charge in [-0.05, 0) is 87.1 Å². The van der Waals surface area contributed by atoms with E-state index in [1.54, 1.807) is 6.07 Å². The summed E-state index contributed by atoms with van der Waals surface area (Å²) in [5.41, 5.74) is 5.87. The van der Waals surface area contributed by atoms with Gasteiger partial charge in [0.2, 0.25) is 0 Å². The van der Waals surface area contributed by atoms with Gasteiger partial charge < -0.3 is 4.90 Å². The van der Waals surface area contributed by atoms with E-state index in [1.807, 2.05) is 24.3 Å². The Bertz CT molecular complexity index is 1220. The van der Waals surface area contributed by atoms with E-state index in [0.29, 0.717) is 18.0 Å². The predicted octanol–water partition coefficient (Wildman–Crippen LogP) is 7.73. The van der Waals surface area contributed by atoms with E-state index in [0.717, 1.165) is 37.1 Å². The van der Waals surface area contributed by atoms with E-state index in [4.69, 9.17) is 0 Å². The quantitative estimate of drug-likeness (QED) is 0.420. The molecule has 2 aromatic rings. The molecule has 0 radical (unpaired) electrons. The number of halogens is 3. The second-order valence-corrected chi connectivity index (χ2v) is 11.0. The van der Waals surface area contributed by atoms with Gasteiger partial charge >= 0.3 is 6.18 Å². The second kappa shape index (κ2) is 11.1. The monoisotopic (exact) mass is 521 g/mol. The van der Waals surface area contributed by atoms with E-state index in [1.165, 1.54) is 41.8 Å². The Labute approximate surface area is 224 Å². The van der Waals surface area contributed by atoms with E-state index >= 15 is 0 Å². The Morgan fingerprint density at radius 3 is 2.45 bits per heavy atom. The maximum Gasteiger partial charge on any atom is 0.416 e. The molecule has 2 heterocycles. The van der Waals surface area contributed by atoms with Gasteiger partial charge in [-0.3, -0.25) is 10.2 Å². The number of nitrogens with zero attached hydrogens (tertiary/aromatic N) is 2. The highest BCUT2D eigenvalue weighted by Crippen LogP contribution is 2.44. The van der Waals surface area contributed by atoms with Crippen molar-refractivity contribution in [2.45, 2.75) is 83.3 Å². The summed E-state index contributed by atoms with van der Waals surface area (Å²) in [6.07, 6.45) is 6.28. The van der Waals surface area contributed by atoms with Crippen molar-refractivity contribution in [3.63, 3.8) is 0 Å². The molecule has 0 amide bonds. The van der Waals surface area contributed by atoms with Crippen molar-refractivity contribution >= 4 is 5.57 Å². The highest BCUT2D eigenvalue weighted by Gasteiger charge is 2.36. The van der Waals surface area contributed by atoms with Crippen molar-refractivity contribution < 1.29 is 13.2 Å². The van der Waals surface area contributed by atoms with Crippen molar-refractivity contribution in [2.75, 3.05) is 7.05 Å². The van der Waals surface area contributed by atoms with Crippen LogP contribution in [0.25, 0.3) is 5.57 Å². The number of benzene rings is 2. The van der Waals surface area contributed by atoms with Crippen LogP contribution in [0.1, 0.15) is 69.1 Å². The fraction of sp³-hybridized carbons (Fsp3) is 0.438. The molecule has 0 saturated heterocycles. The Hall–Kier alpha value is -2.83. The lowest BCUT2D eigenvalue weighted by Crippen LogP contribution is -2.49. The first-order valence-corrected chi connectivity index (χ1v) is 13.8.